The van der Waals surface area contributed by atoms with Gasteiger partial charge in [-0.05, 0) is 37.3 Å². The fraction of sp³-hybridized carbons (Fsp3) is 0.235. The summed E-state index contributed by atoms with van der Waals surface area (Å²) in [5.41, 5.74) is 1.59. The number of hydrogen-bond acceptors (Lipinski definition) is 5. The van der Waals surface area contributed by atoms with Crippen molar-refractivity contribution in [1.29, 1.82) is 0 Å². The first-order chi connectivity index (χ1) is 12.1. The average Bonchev–Trinajstić information content (AvgIpc) is 3.02. The fourth-order valence-electron chi connectivity index (χ4n) is 2.81. The van der Waals surface area contributed by atoms with E-state index in [0.717, 1.165) is 0 Å². The summed E-state index contributed by atoms with van der Waals surface area (Å²) in [4.78, 5) is 16.5. The number of fused-ring (bicyclic) bond motifs is 2. The van der Waals surface area contributed by atoms with E-state index in [9.17, 15) is 9.18 Å². The van der Waals surface area contributed by atoms with Gasteiger partial charge in [0.1, 0.15) is 24.0 Å². The minimum absolute atomic E-state index is 0.243. The van der Waals surface area contributed by atoms with Gasteiger partial charge in [0.15, 0.2) is 11.3 Å². The maximum Gasteiger partial charge on any atom is 0.271 e. The molecule has 1 aliphatic heterocycles. The van der Waals surface area contributed by atoms with Crippen LogP contribution in [0.2, 0.25) is 0 Å². The van der Waals surface area contributed by atoms with E-state index in [1.54, 1.807) is 18.2 Å². The maximum atomic E-state index is 13.7. The molecule has 0 radical (unpaired) electrons. The number of halogens is 1. The molecule has 8 heteroatoms. The van der Waals surface area contributed by atoms with E-state index in [-0.39, 0.29) is 24.4 Å². The van der Waals surface area contributed by atoms with Crippen LogP contribution in [0.4, 0.5) is 10.2 Å². The van der Waals surface area contributed by atoms with E-state index >= 15 is 0 Å². The van der Waals surface area contributed by atoms with Crippen LogP contribution >= 0.6 is 0 Å². The van der Waals surface area contributed by atoms with Crippen molar-refractivity contribution in [2.45, 2.75) is 13.0 Å². The van der Waals surface area contributed by atoms with E-state index in [4.69, 9.17) is 4.74 Å². The smallest absolute Gasteiger partial charge is 0.271 e. The van der Waals surface area contributed by atoms with Crippen molar-refractivity contribution in [2.24, 2.45) is 0 Å². The van der Waals surface area contributed by atoms with Gasteiger partial charge in [-0.15, -0.1) is 5.10 Å². The zero-order valence-corrected chi connectivity index (χ0v) is 13.5. The van der Waals surface area contributed by atoms with Gasteiger partial charge in [-0.2, -0.15) is 0 Å². The maximum absolute atomic E-state index is 13.7. The van der Waals surface area contributed by atoms with E-state index in [2.05, 4.69) is 20.7 Å². The highest BCUT2D eigenvalue weighted by Crippen LogP contribution is 2.28. The number of anilines is 1. The molecule has 0 fully saturated rings. The predicted molar refractivity (Wildman–Crippen MR) is 89.3 cm³/mol. The molecule has 0 unspecified atom stereocenters. The lowest BCUT2D eigenvalue weighted by Gasteiger charge is -2.19. The molecule has 3 aromatic rings. The Morgan fingerprint density at radius 1 is 1.32 bits per heavy atom. The Labute approximate surface area is 142 Å². The zero-order chi connectivity index (χ0) is 17.4. The molecule has 128 valence electrons. The van der Waals surface area contributed by atoms with Crippen molar-refractivity contribution >= 4 is 17.4 Å². The van der Waals surface area contributed by atoms with Gasteiger partial charge in [-0.1, -0.05) is 0 Å². The zero-order valence-electron chi connectivity index (χ0n) is 13.5. The van der Waals surface area contributed by atoms with Crippen LogP contribution in [0.15, 0.2) is 36.5 Å². The standard InChI is InChI=1S/C17H16FN5O2/c1-10-12-8-11(18)2-3-14(12)25-7-6-19-17(24)13-9-20-16-5-4-15(21-10)22-23(13)16/h2-5,8-10H,6-7H2,1H3,(H,19,24)(H,21,22)/t10-/m1/s1. The third kappa shape index (κ3) is 2.86. The Hall–Kier alpha value is -3.16. The second-order valence-electron chi connectivity index (χ2n) is 5.78. The van der Waals surface area contributed by atoms with Gasteiger partial charge in [0.05, 0.1) is 18.8 Å². The van der Waals surface area contributed by atoms with Crippen LogP contribution in [0.3, 0.4) is 0 Å². The van der Waals surface area contributed by atoms with Crippen LogP contribution in [0, 0.1) is 5.82 Å². The van der Waals surface area contributed by atoms with E-state index < -0.39 is 0 Å². The van der Waals surface area contributed by atoms with Crippen LogP contribution in [-0.4, -0.2) is 33.7 Å². The highest BCUT2D eigenvalue weighted by atomic mass is 19.1. The highest BCUT2D eigenvalue weighted by molar-refractivity contribution is 5.93. The van der Waals surface area contributed by atoms with Crippen molar-refractivity contribution in [3.63, 3.8) is 0 Å². The first kappa shape index (κ1) is 15.4. The van der Waals surface area contributed by atoms with E-state index in [1.807, 2.05) is 6.92 Å². The summed E-state index contributed by atoms with van der Waals surface area (Å²) in [6, 6.07) is 7.67. The SMILES string of the molecule is C[C@H]1Nc2ccc3ncc(n3n2)C(=O)NCCOc2ccc(F)cc21. The van der Waals surface area contributed by atoms with Gasteiger partial charge in [0.25, 0.3) is 5.91 Å². The molecular formula is C17H16FN5O2. The van der Waals surface area contributed by atoms with Crippen LogP contribution in [0.25, 0.3) is 5.65 Å². The summed E-state index contributed by atoms with van der Waals surface area (Å²) in [7, 11) is 0. The van der Waals surface area contributed by atoms with Crippen LogP contribution < -0.4 is 15.4 Å². The van der Waals surface area contributed by atoms with Gasteiger partial charge < -0.3 is 15.4 Å². The number of aromatic nitrogens is 3. The second-order valence-corrected chi connectivity index (χ2v) is 5.78. The lowest BCUT2D eigenvalue weighted by Crippen LogP contribution is -2.29. The van der Waals surface area contributed by atoms with Crippen molar-refractivity contribution in [1.82, 2.24) is 19.9 Å². The molecule has 2 aromatic heterocycles. The molecule has 1 amide bonds. The summed E-state index contributed by atoms with van der Waals surface area (Å²) in [6.45, 7) is 2.47. The van der Waals surface area contributed by atoms with Gasteiger partial charge in [0.2, 0.25) is 0 Å². The molecule has 0 saturated carbocycles. The minimum Gasteiger partial charge on any atom is -0.491 e. The number of hydrogen-bond donors (Lipinski definition) is 2. The summed E-state index contributed by atoms with van der Waals surface area (Å²) in [5.74, 6) is 0.486. The van der Waals surface area contributed by atoms with E-state index in [1.165, 1.54) is 22.8 Å². The first-order valence-corrected chi connectivity index (χ1v) is 7.93. The number of rotatable bonds is 0. The normalized spacial score (nSPS) is 17.5. The molecule has 2 N–H and O–H groups in total. The Morgan fingerprint density at radius 3 is 3.08 bits per heavy atom. The number of carbonyl (C=O) groups is 1. The molecule has 7 nitrogen and oxygen atoms in total. The number of nitrogens with one attached hydrogen (secondary N) is 2. The van der Waals surface area contributed by atoms with Gasteiger partial charge in [0, 0.05) is 5.56 Å². The molecule has 0 spiro atoms. The number of amides is 1. The predicted octanol–water partition coefficient (Wildman–Crippen LogP) is 2.16. The molecule has 1 atom stereocenters. The molecule has 1 aromatic carbocycles. The quantitative estimate of drug-likeness (QED) is 0.655. The number of benzene rings is 1. The van der Waals surface area contributed by atoms with Crippen LogP contribution in [0.1, 0.15) is 29.0 Å². The van der Waals surface area contributed by atoms with Gasteiger partial charge in [-0.3, -0.25) is 4.79 Å². The molecule has 0 aliphatic carbocycles. The Morgan fingerprint density at radius 2 is 2.20 bits per heavy atom. The van der Waals surface area contributed by atoms with Gasteiger partial charge in [-0.25, -0.2) is 13.9 Å². The summed E-state index contributed by atoms with van der Waals surface area (Å²) in [5, 5.41) is 10.4. The second kappa shape index (κ2) is 6.04. The largest absolute Gasteiger partial charge is 0.491 e. The number of imidazole rings is 1. The number of ether oxygens (including phenoxy) is 1. The third-order valence-corrected chi connectivity index (χ3v) is 4.04. The van der Waals surface area contributed by atoms with Crippen molar-refractivity contribution in [2.75, 3.05) is 18.5 Å². The van der Waals surface area contributed by atoms with Crippen molar-refractivity contribution < 1.29 is 13.9 Å². The highest BCUT2D eigenvalue weighted by Gasteiger charge is 2.17. The Balaban J connectivity index is 1.80. The monoisotopic (exact) mass is 341 g/mol. The minimum atomic E-state index is -0.339. The fourth-order valence-corrected chi connectivity index (χ4v) is 2.81. The molecule has 25 heavy (non-hydrogen) atoms. The molecule has 3 heterocycles. The Kier molecular flexibility index (Phi) is 3.72. The molecule has 1 aliphatic rings. The summed E-state index contributed by atoms with van der Waals surface area (Å²) >= 11 is 0. The van der Waals surface area contributed by atoms with Gasteiger partial charge >= 0.3 is 0 Å². The number of nitrogens with zero attached hydrogens (tertiary/aromatic N) is 3. The summed E-state index contributed by atoms with van der Waals surface area (Å²) in [6.07, 6.45) is 1.48. The van der Waals surface area contributed by atoms with Crippen LogP contribution in [-0.2, 0) is 0 Å². The Bertz CT molecular complexity index is 955. The van der Waals surface area contributed by atoms with Crippen molar-refractivity contribution in [3.05, 3.63) is 53.6 Å². The van der Waals surface area contributed by atoms with E-state index in [0.29, 0.717) is 35.0 Å². The third-order valence-electron chi connectivity index (χ3n) is 4.04. The first-order valence-electron chi connectivity index (χ1n) is 7.93. The summed E-state index contributed by atoms with van der Waals surface area (Å²) < 4.78 is 20.9. The van der Waals surface area contributed by atoms with Crippen molar-refractivity contribution in [3.8, 4) is 5.75 Å². The molecule has 2 bridgehead atoms. The molecule has 4 rings (SSSR count). The molecular weight excluding hydrogens is 325 g/mol. The number of carbonyl (C=O) groups excluding carboxylic acids is 1. The average molecular weight is 341 g/mol. The lowest BCUT2D eigenvalue weighted by atomic mass is 10.1. The molecule has 0 saturated heterocycles. The van der Waals surface area contributed by atoms with Crippen LogP contribution in [0.5, 0.6) is 5.75 Å². The topological polar surface area (TPSA) is 80.5 Å². The lowest BCUT2D eigenvalue weighted by molar-refractivity contribution is 0.0940.